The Kier molecular flexibility index (Phi) is 9.16. The summed E-state index contributed by atoms with van der Waals surface area (Å²) in [6.07, 6.45) is 0. The average molecular weight is 831 g/mol. The Hall–Kier alpha value is -6.35. The minimum atomic E-state index is -2.13. The van der Waals surface area contributed by atoms with Crippen LogP contribution in [0.3, 0.4) is 0 Å². The predicted molar refractivity (Wildman–Crippen MR) is 261 cm³/mol. The Morgan fingerprint density at radius 1 is 0.377 bits per heavy atom. The van der Waals surface area contributed by atoms with Crippen molar-refractivity contribution in [1.82, 2.24) is 0 Å². The Bertz CT molecular complexity index is 3100. The summed E-state index contributed by atoms with van der Waals surface area (Å²) in [6.45, 7) is 15.5. The first-order chi connectivity index (χ1) is 29.3. The van der Waals surface area contributed by atoms with Crippen molar-refractivity contribution in [2.75, 3.05) is 9.80 Å². The molecule has 0 amide bonds. The average Bonchev–Trinajstić information content (AvgIpc) is 3.57. The van der Waals surface area contributed by atoms with Gasteiger partial charge in [0, 0.05) is 38.8 Å². The van der Waals surface area contributed by atoms with E-state index >= 15 is 0 Å². The van der Waals surface area contributed by atoms with Gasteiger partial charge in [-0.25, -0.2) is 8.78 Å². The Morgan fingerprint density at radius 3 is 1.38 bits per heavy atom. The quantitative estimate of drug-likeness (QED) is 0.111. The SMILES string of the molecule is C[Si](C)(C)C1([Si](C)(C)C)c2cc3cc(N(c4ccccc4)c4ccc(F)cc4)ccc3cc2-c2c1c1ccc(N(c3ccccc3)c3ccc(F)cc3)cc1c1ccccc21. The van der Waals surface area contributed by atoms with Crippen LogP contribution in [0.2, 0.25) is 39.3 Å². The number of para-hydroxylation sites is 2. The molecule has 9 aromatic carbocycles. The summed E-state index contributed by atoms with van der Waals surface area (Å²) in [5, 5.41) is 7.43. The molecule has 0 fully saturated rings. The second kappa shape index (κ2) is 14.4. The summed E-state index contributed by atoms with van der Waals surface area (Å²) < 4.78 is 28.4. The van der Waals surface area contributed by atoms with Gasteiger partial charge in [-0.3, -0.25) is 0 Å². The lowest BCUT2D eigenvalue weighted by Crippen LogP contribution is -2.63. The Morgan fingerprint density at radius 2 is 0.836 bits per heavy atom. The van der Waals surface area contributed by atoms with Crippen LogP contribution in [0.4, 0.5) is 42.9 Å². The molecule has 10 rings (SSSR count). The van der Waals surface area contributed by atoms with Gasteiger partial charge in [-0.2, -0.15) is 0 Å². The van der Waals surface area contributed by atoms with Crippen LogP contribution in [0.5, 0.6) is 0 Å². The molecule has 0 atom stereocenters. The van der Waals surface area contributed by atoms with Gasteiger partial charge >= 0.3 is 0 Å². The number of hydrogen-bond acceptors (Lipinski definition) is 2. The summed E-state index contributed by atoms with van der Waals surface area (Å²) in [6, 6.07) is 62.1. The lowest BCUT2D eigenvalue weighted by molar-refractivity contribution is 0.627. The van der Waals surface area contributed by atoms with Crippen molar-refractivity contribution in [3.05, 3.63) is 205 Å². The number of rotatable bonds is 8. The van der Waals surface area contributed by atoms with Gasteiger partial charge in [0.05, 0.1) is 16.1 Å². The van der Waals surface area contributed by atoms with Crippen molar-refractivity contribution in [3.8, 4) is 11.1 Å². The zero-order valence-corrected chi connectivity index (χ0v) is 37.5. The van der Waals surface area contributed by atoms with Crippen molar-refractivity contribution < 1.29 is 8.78 Å². The first-order valence-corrected chi connectivity index (χ1v) is 28.1. The highest BCUT2D eigenvalue weighted by molar-refractivity contribution is 7.00. The van der Waals surface area contributed by atoms with Crippen LogP contribution in [-0.2, 0) is 4.66 Å². The van der Waals surface area contributed by atoms with Crippen LogP contribution >= 0.6 is 0 Å². The van der Waals surface area contributed by atoms with Crippen LogP contribution in [0.1, 0.15) is 11.1 Å². The molecule has 9 aromatic rings. The molecule has 0 bridgehead atoms. The maximum Gasteiger partial charge on any atom is 0.123 e. The summed E-state index contributed by atoms with van der Waals surface area (Å²) in [7, 11) is -4.25. The van der Waals surface area contributed by atoms with E-state index in [9.17, 15) is 8.78 Å². The second-order valence-corrected chi connectivity index (χ2v) is 29.5. The van der Waals surface area contributed by atoms with E-state index < -0.39 is 16.1 Å². The molecule has 0 aliphatic heterocycles. The van der Waals surface area contributed by atoms with E-state index in [-0.39, 0.29) is 16.3 Å². The highest BCUT2D eigenvalue weighted by atomic mass is 28.4. The molecule has 0 saturated heterocycles. The molecule has 2 nitrogen and oxygen atoms in total. The summed E-state index contributed by atoms with van der Waals surface area (Å²) in [5.41, 5.74) is 11.6. The molecule has 61 heavy (non-hydrogen) atoms. The molecule has 0 aromatic heterocycles. The highest BCUT2D eigenvalue weighted by Gasteiger charge is 2.60. The summed E-state index contributed by atoms with van der Waals surface area (Å²) in [5.74, 6) is -0.507. The van der Waals surface area contributed by atoms with E-state index in [4.69, 9.17) is 0 Å². The normalized spacial score (nSPS) is 13.4. The van der Waals surface area contributed by atoms with Crippen LogP contribution in [0, 0.1) is 11.6 Å². The van der Waals surface area contributed by atoms with Gasteiger partial charge in [0.1, 0.15) is 11.6 Å². The lowest BCUT2D eigenvalue weighted by atomic mass is 9.90. The standard InChI is InChI=1S/C55H48F2N2Si2/c1-60(2,3)55(61(4,5)6)52-35-38-33-45(58(41-15-9-7-10-16-41)43-27-22-39(56)23-28-43)26-21-37(38)34-51(52)53-48-20-14-13-19-47(48)50-36-46(31-32-49(50)54(53)55)59(42-17-11-8-12-18-42)44-29-24-40(57)25-30-44/h7-36H,1-6H3. The smallest absolute Gasteiger partial charge is 0.123 e. The zero-order valence-electron chi connectivity index (χ0n) is 35.5. The number of halogens is 2. The van der Waals surface area contributed by atoms with Crippen molar-refractivity contribution in [2.45, 2.75) is 43.9 Å². The third kappa shape index (κ3) is 6.14. The van der Waals surface area contributed by atoms with Gasteiger partial charge < -0.3 is 9.80 Å². The third-order valence-electron chi connectivity index (χ3n) is 13.0. The van der Waals surface area contributed by atoms with Gasteiger partial charge in [0.2, 0.25) is 0 Å². The van der Waals surface area contributed by atoms with Gasteiger partial charge in [0.25, 0.3) is 0 Å². The maximum absolute atomic E-state index is 14.3. The first kappa shape index (κ1) is 38.8. The van der Waals surface area contributed by atoms with Gasteiger partial charge in [-0.15, -0.1) is 0 Å². The number of hydrogen-bond donors (Lipinski definition) is 0. The summed E-state index contributed by atoms with van der Waals surface area (Å²) in [4.78, 5) is 4.45. The van der Waals surface area contributed by atoms with E-state index in [1.165, 1.54) is 78.8 Å². The largest absolute Gasteiger partial charge is 0.310 e. The minimum absolute atomic E-state index is 0.148. The molecule has 1 aliphatic rings. The van der Waals surface area contributed by atoms with Gasteiger partial charge in [-0.1, -0.05) is 118 Å². The molecule has 0 N–H and O–H groups in total. The molecule has 0 spiro atoms. The number of anilines is 6. The fourth-order valence-electron chi connectivity index (χ4n) is 11.0. The molecular weight excluding hydrogens is 783 g/mol. The number of nitrogens with zero attached hydrogens (tertiary/aromatic N) is 2. The maximum atomic E-state index is 14.3. The van der Waals surface area contributed by atoms with E-state index in [0.717, 1.165) is 34.1 Å². The number of benzene rings is 9. The molecule has 0 saturated carbocycles. The third-order valence-corrected chi connectivity index (χ3v) is 23.0. The van der Waals surface area contributed by atoms with Crippen molar-refractivity contribution in [2.24, 2.45) is 0 Å². The Balaban J connectivity index is 1.26. The van der Waals surface area contributed by atoms with E-state index in [0.29, 0.717) is 0 Å². The highest BCUT2D eigenvalue weighted by Crippen LogP contribution is 2.62. The van der Waals surface area contributed by atoms with E-state index in [2.05, 4.69) is 158 Å². The van der Waals surface area contributed by atoms with Crippen LogP contribution < -0.4 is 9.80 Å². The monoisotopic (exact) mass is 830 g/mol. The summed E-state index contributed by atoms with van der Waals surface area (Å²) >= 11 is 0. The van der Waals surface area contributed by atoms with Gasteiger partial charge in [0.15, 0.2) is 0 Å². The van der Waals surface area contributed by atoms with E-state index in [1.807, 2.05) is 48.5 Å². The minimum Gasteiger partial charge on any atom is -0.310 e. The second-order valence-electron chi connectivity index (χ2n) is 18.5. The molecule has 0 radical (unpaired) electrons. The number of fused-ring (bicyclic) bond motifs is 9. The first-order valence-electron chi connectivity index (χ1n) is 21.1. The fourth-order valence-corrected chi connectivity index (χ4v) is 24.0. The van der Waals surface area contributed by atoms with Crippen molar-refractivity contribution in [3.63, 3.8) is 0 Å². The van der Waals surface area contributed by atoms with Crippen LogP contribution in [-0.4, -0.2) is 16.1 Å². The molecular formula is C55H48F2N2Si2. The molecule has 300 valence electrons. The molecule has 0 heterocycles. The molecule has 0 unspecified atom stereocenters. The van der Waals surface area contributed by atoms with Crippen molar-refractivity contribution >= 4 is 82.6 Å². The van der Waals surface area contributed by atoms with E-state index in [1.54, 1.807) is 0 Å². The van der Waals surface area contributed by atoms with Gasteiger partial charge in [-0.05, 0) is 158 Å². The Labute approximate surface area is 359 Å². The fraction of sp³-hybridized carbons (Fsp3) is 0.127. The topological polar surface area (TPSA) is 6.48 Å². The molecule has 6 heteroatoms. The molecule has 1 aliphatic carbocycles. The van der Waals surface area contributed by atoms with Crippen LogP contribution in [0.15, 0.2) is 182 Å². The lowest BCUT2D eigenvalue weighted by Gasteiger charge is -2.51. The van der Waals surface area contributed by atoms with Crippen molar-refractivity contribution in [1.29, 1.82) is 0 Å². The van der Waals surface area contributed by atoms with Crippen LogP contribution in [0.25, 0.3) is 43.4 Å². The predicted octanol–water partition coefficient (Wildman–Crippen LogP) is 16.4. The zero-order chi connectivity index (χ0) is 42.3.